The summed E-state index contributed by atoms with van der Waals surface area (Å²) < 4.78 is 0. The van der Waals surface area contributed by atoms with Crippen molar-refractivity contribution in [1.82, 2.24) is 10.3 Å². The van der Waals surface area contributed by atoms with E-state index in [2.05, 4.69) is 34.6 Å². The number of pyridine rings is 1. The predicted molar refractivity (Wildman–Crippen MR) is 70.8 cm³/mol. The number of hydrogen-bond donors (Lipinski definition) is 1. The molecule has 0 unspecified atom stereocenters. The van der Waals surface area contributed by atoms with Crippen LogP contribution in [0.5, 0.6) is 0 Å². The van der Waals surface area contributed by atoms with Gasteiger partial charge in [-0.2, -0.15) is 0 Å². The maximum absolute atomic E-state index is 4.30. The van der Waals surface area contributed by atoms with E-state index in [1.54, 1.807) is 0 Å². The van der Waals surface area contributed by atoms with Gasteiger partial charge in [-0.1, -0.05) is 30.7 Å². The lowest BCUT2D eigenvalue weighted by Crippen LogP contribution is -2.26. The van der Waals surface area contributed by atoms with Crippen LogP contribution in [0.1, 0.15) is 24.8 Å². The van der Waals surface area contributed by atoms with Gasteiger partial charge in [0.05, 0.1) is 0 Å². The van der Waals surface area contributed by atoms with Gasteiger partial charge in [0.25, 0.3) is 0 Å². The molecule has 1 heterocycles. The highest BCUT2D eigenvalue weighted by molar-refractivity contribution is 5.84. The van der Waals surface area contributed by atoms with Crippen molar-refractivity contribution in [3.05, 3.63) is 42.2 Å². The van der Waals surface area contributed by atoms with Crippen LogP contribution in [0.25, 0.3) is 10.8 Å². The molecule has 0 bridgehead atoms. The Balaban J connectivity index is 1.71. The fourth-order valence-corrected chi connectivity index (χ4v) is 2.43. The van der Waals surface area contributed by atoms with Crippen LogP contribution in [-0.2, 0) is 6.54 Å². The third kappa shape index (κ3) is 2.32. The van der Waals surface area contributed by atoms with Gasteiger partial charge in [0.2, 0.25) is 0 Å². The van der Waals surface area contributed by atoms with Gasteiger partial charge in [0.15, 0.2) is 0 Å². The molecule has 1 fully saturated rings. The van der Waals surface area contributed by atoms with E-state index in [4.69, 9.17) is 0 Å². The minimum atomic E-state index is 0.915. The van der Waals surface area contributed by atoms with Gasteiger partial charge in [-0.25, -0.2) is 0 Å². The Morgan fingerprint density at radius 1 is 1.18 bits per heavy atom. The van der Waals surface area contributed by atoms with E-state index in [9.17, 15) is 0 Å². The smallest absolute Gasteiger partial charge is 0.0346 e. The molecule has 0 saturated heterocycles. The normalized spacial score (nSPS) is 16.0. The van der Waals surface area contributed by atoms with E-state index < -0.39 is 0 Å². The first-order valence-corrected chi connectivity index (χ1v) is 6.46. The van der Waals surface area contributed by atoms with Gasteiger partial charge in [0.1, 0.15) is 0 Å². The minimum Gasteiger partial charge on any atom is -0.312 e. The van der Waals surface area contributed by atoms with Crippen molar-refractivity contribution in [2.75, 3.05) is 6.54 Å². The van der Waals surface area contributed by atoms with Crippen molar-refractivity contribution in [2.24, 2.45) is 5.92 Å². The average molecular weight is 226 g/mol. The Morgan fingerprint density at radius 2 is 2.06 bits per heavy atom. The van der Waals surface area contributed by atoms with Crippen LogP contribution in [0.3, 0.4) is 0 Å². The van der Waals surface area contributed by atoms with Crippen molar-refractivity contribution >= 4 is 10.8 Å². The number of nitrogens with one attached hydrogen (secondary N) is 1. The number of nitrogens with zero attached hydrogens (tertiary/aromatic N) is 1. The van der Waals surface area contributed by atoms with E-state index in [1.165, 1.54) is 35.6 Å². The van der Waals surface area contributed by atoms with Gasteiger partial charge in [-0.05, 0) is 36.3 Å². The first-order valence-electron chi connectivity index (χ1n) is 6.46. The average Bonchev–Trinajstić information content (AvgIpc) is 2.32. The van der Waals surface area contributed by atoms with E-state index in [0.29, 0.717) is 0 Å². The third-order valence-corrected chi connectivity index (χ3v) is 3.72. The van der Waals surface area contributed by atoms with Crippen molar-refractivity contribution < 1.29 is 0 Å². The van der Waals surface area contributed by atoms with Crippen molar-refractivity contribution in [3.8, 4) is 0 Å². The highest BCUT2D eigenvalue weighted by Crippen LogP contribution is 2.25. The zero-order valence-corrected chi connectivity index (χ0v) is 10.0. The minimum absolute atomic E-state index is 0.915. The molecule has 0 amide bonds. The summed E-state index contributed by atoms with van der Waals surface area (Å²) in [6.07, 6.45) is 8.14. The van der Waals surface area contributed by atoms with Crippen molar-refractivity contribution in [2.45, 2.75) is 25.8 Å². The lowest BCUT2D eigenvalue weighted by molar-refractivity contribution is 0.301. The molecule has 1 aliphatic rings. The molecule has 1 aromatic heterocycles. The molecule has 3 rings (SSSR count). The molecule has 0 spiro atoms. The molecule has 0 aliphatic heterocycles. The lowest BCUT2D eigenvalue weighted by atomic mass is 9.85. The molecule has 1 aromatic carbocycles. The Labute approximate surface area is 102 Å². The number of fused-ring (bicyclic) bond motifs is 1. The zero-order chi connectivity index (χ0) is 11.5. The molecule has 1 N–H and O–H groups in total. The number of hydrogen-bond acceptors (Lipinski definition) is 2. The van der Waals surface area contributed by atoms with Crippen LogP contribution < -0.4 is 5.32 Å². The Kier molecular flexibility index (Phi) is 3.06. The molecule has 2 heteroatoms. The first-order chi connectivity index (χ1) is 8.43. The molecule has 1 saturated carbocycles. The van der Waals surface area contributed by atoms with E-state index in [1.807, 2.05) is 12.4 Å². The fourth-order valence-electron chi connectivity index (χ4n) is 2.43. The standard InChI is InChI=1S/C15H18N2/c1-2-7-15-13(6-1)9-17-11-14(15)10-16-8-12-4-3-5-12/h1-2,6-7,9,11-12,16H,3-5,8,10H2. The van der Waals surface area contributed by atoms with Crippen molar-refractivity contribution in [3.63, 3.8) is 0 Å². The fraction of sp³-hybridized carbons (Fsp3) is 0.400. The topological polar surface area (TPSA) is 24.9 Å². The highest BCUT2D eigenvalue weighted by atomic mass is 14.9. The second-order valence-electron chi connectivity index (χ2n) is 4.95. The van der Waals surface area contributed by atoms with E-state index in [0.717, 1.165) is 19.0 Å². The highest BCUT2D eigenvalue weighted by Gasteiger charge is 2.16. The third-order valence-electron chi connectivity index (χ3n) is 3.72. The molecule has 88 valence electrons. The molecular formula is C15H18N2. The number of benzene rings is 1. The molecule has 2 nitrogen and oxygen atoms in total. The molecular weight excluding hydrogens is 208 g/mol. The number of aromatic nitrogens is 1. The second kappa shape index (κ2) is 4.84. The summed E-state index contributed by atoms with van der Waals surface area (Å²) in [7, 11) is 0. The quantitative estimate of drug-likeness (QED) is 0.866. The Bertz CT molecular complexity index is 498. The maximum Gasteiger partial charge on any atom is 0.0346 e. The van der Waals surface area contributed by atoms with E-state index >= 15 is 0 Å². The monoisotopic (exact) mass is 226 g/mol. The first kappa shape index (κ1) is 10.7. The van der Waals surface area contributed by atoms with Gasteiger partial charge in [-0.3, -0.25) is 4.98 Å². The number of rotatable bonds is 4. The van der Waals surface area contributed by atoms with E-state index in [-0.39, 0.29) is 0 Å². The van der Waals surface area contributed by atoms with Crippen LogP contribution in [0.15, 0.2) is 36.7 Å². The van der Waals surface area contributed by atoms with Gasteiger partial charge < -0.3 is 5.32 Å². The molecule has 0 atom stereocenters. The summed E-state index contributed by atoms with van der Waals surface area (Å²) in [4.78, 5) is 4.30. The van der Waals surface area contributed by atoms with Gasteiger partial charge in [-0.15, -0.1) is 0 Å². The largest absolute Gasteiger partial charge is 0.312 e. The summed E-state index contributed by atoms with van der Waals surface area (Å²) in [5, 5.41) is 6.11. The molecule has 17 heavy (non-hydrogen) atoms. The van der Waals surface area contributed by atoms with Crippen LogP contribution in [0, 0.1) is 5.92 Å². The Morgan fingerprint density at radius 3 is 2.88 bits per heavy atom. The zero-order valence-electron chi connectivity index (χ0n) is 10.0. The van der Waals surface area contributed by atoms with Crippen LogP contribution in [-0.4, -0.2) is 11.5 Å². The van der Waals surface area contributed by atoms with Gasteiger partial charge >= 0.3 is 0 Å². The second-order valence-corrected chi connectivity index (χ2v) is 4.95. The van der Waals surface area contributed by atoms with Crippen LogP contribution in [0.4, 0.5) is 0 Å². The molecule has 0 radical (unpaired) electrons. The summed E-state index contributed by atoms with van der Waals surface area (Å²) >= 11 is 0. The van der Waals surface area contributed by atoms with Crippen LogP contribution in [0.2, 0.25) is 0 Å². The molecule has 2 aromatic rings. The van der Waals surface area contributed by atoms with Crippen LogP contribution >= 0.6 is 0 Å². The lowest BCUT2D eigenvalue weighted by Gasteiger charge is -2.25. The summed E-state index contributed by atoms with van der Waals surface area (Å²) in [6.45, 7) is 2.09. The summed E-state index contributed by atoms with van der Waals surface area (Å²) in [5.74, 6) is 0.915. The SMILES string of the molecule is c1ccc2c(CNCC3CCC3)cncc2c1. The molecule has 1 aliphatic carbocycles. The van der Waals surface area contributed by atoms with Crippen molar-refractivity contribution in [1.29, 1.82) is 0 Å². The van der Waals surface area contributed by atoms with Gasteiger partial charge in [0, 0.05) is 24.3 Å². The predicted octanol–water partition coefficient (Wildman–Crippen LogP) is 3.12. The summed E-state index contributed by atoms with van der Waals surface area (Å²) in [6, 6.07) is 8.46. The summed E-state index contributed by atoms with van der Waals surface area (Å²) in [5.41, 5.74) is 1.31. The Hall–Kier alpha value is -1.41. The maximum atomic E-state index is 4.30.